The molecule has 3 aromatic rings. The van der Waals surface area contributed by atoms with Crippen LogP contribution in [0.1, 0.15) is 24.2 Å². The van der Waals surface area contributed by atoms with Crippen LogP contribution in [-0.2, 0) is 11.4 Å². The number of alkyl halides is 3. The van der Waals surface area contributed by atoms with Gasteiger partial charge in [0.2, 0.25) is 0 Å². The Hall–Kier alpha value is -2.72. The first-order valence-electron chi connectivity index (χ1n) is 8.42. The largest absolute Gasteiger partial charge is 0.486 e. The molecule has 1 amide bonds. The summed E-state index contributed by atoms with van der Waals surface area (Å²) in [6, 6.07) is 8.62. The zero-order valence-electron chi connectivity index (χ0n) is 15.5. The fourth-order valence-corrected chi connectivity index (χ4v) is 2.87. The third-order valence-electron chi connectivity index (χ3n) is 4.10. The van der Waals surface area contributed by atoms with E-state index >= 15 is 0 Å². The Balaban J connectivity index is 0.00000320. The zero-order valence-corrected chi connectivity index (χ0v) is 17.3. The molecule has 0 aliphatic rings. The fraction of sp³-hybridized carbons (Fsp3) is 0.211. The summed E-state index contributed by atoms with van der Waals surface area (Å²) in [7, 11) is 0. The number of rotatable bonds is 5. The molecular formula is C19H17ClF3N3O3S. The van der Waals surface area contributed by atoms with Crippen LogP contribution in [0.5, 0.6) is 5.75 Å². The summed E-state index contributed by atoms with van der Waals surface area (Å²) in [5, 5.41) is 2.48. The lowest BCUT2D eigenvalue weighted by Gasteiger charge is -2.16. The lowest BCUT2D eigenvalue weighted by molar-refractivity contribution is -0.174. The van der Waals surface area contributed by atoms with Crippen molar-refractivity contribution in [2.75, 3.05) is 0 Å². The molecule has 6 nitrogen and oxygen atoms in total. The standard InChI is InChI=1S/C19H15ClF3N3O3.H2S/c1-10(25-18(28)19(21,22)23)13-6-11-7-14(20)16(8-15(11)26-17(13)27)29-9-12-4-2-3-5-24-12;/h2-8,10H,9H2,1H3,(H,25,28)(H,26,27);1H2/t10-;/m0./s1. The molecule has 30 heavy (non-hydrogen) atoms. The predicted octanol–water partition coefficient (Wildman–Crippen LogP) is 4.01. The monoisotopic (exact) mass is 459 g/mol. The van der Waals surface area contributed by atoms with Gasteiger partial charge in [-0.05, 0) is 31.2 Å². The van der Waals surface area contributed by atoms with Crippen molar-refractivity contribution in [3.05, 3.63) is 69.2 Å². The predicted molar refractivity (Wildman–Crippen MR) is 111 cm³/mol. The molecule has 3 rings (SSSR count). The van der Waals surface area contributed by atoms with Gasteiger partial charge in [-0.15, -0.1) is 0 Å². The summed E-state index contributed by atoms with van der Waals surface area (Å²) < 4.78 is 43.0. The average molecular weight is 460 g/mol. The molecule has 0 saturated carbocycles. The van der Waals surface area contributed by atoms with E-state index in [1.807, 2.05) is 6.07 Å². The van der Waals surface area contributed by atoms with Crippen molar-refractivity contribution in [2.24, 2.45) is 0 Å². The fourth-order valence-electron chi connectivity index (χ4n) is 2.65. The minimum Gasteiger partial charge on any atom is -0.486 e. The second-order valence-corrected chi connectivity index (χ2v) is 6.63. The summed E-state index contributed by atoms with van der Waals surface area (Å²) in [6.45, 7) is 1.45. The topological polar surface area (TPSA) is 84.1 Å². The molecule has 2 heterocycles. The number of nitrogens with one attached hydrogen (secondary N) is 2. The van der Waals surface area contributed by atoms with Gasteiger partial charge >= 0.3 is 12.1 Å². The third-order valence-corrected chi connectivity index (χ3v) is 4.39. The number of hydrogen-bond acceptors (Lipinski definition) is 4. The highest BCUT2D eigenvalue weighted by Crippen LogP contribution is 2.30. The lowest BCUT2D eigenvalue weighted by Crippen LogP contribution is -2.39. The molecule has 2 N–H and O–H groups in total. The first-order valence-corrected chi connectivity index (χ1v) is 8.80. The van der Waals surface area contributed by atoms with E-state index < -0.39 is 23.7 Å². The van der Waals surface area contributed by atoms with Crippen molar-refractivity contribution < 1.29 is 22.7 Å². The van der Waals surface area contributed by atoms with Crippen LogP contribution >= 0.6 is 25.1 Å². The molecule has 160 valence electrons. The van der Waals surface area contributed by atoms with Gasteiger partial charge in [-0.3, -0.25) is 14.6 Å². The molecule has 0 aliphatic carbocycles. The van der Waals surface area contributed by atoms with Crippen LogP contribution in [0.4, 0.5) is 13.2 Å². The summed E-state index contributed by atoms with van der Waals surface area (Å²) in [5.74, 6) is -1.81. The number of carbonyl (C=O) groups excluding carboxylic acids is 1. The van der Waals surface area contributed by atoms with Crippen molar-refractivity contribution in [1.29, 1.82) is 0 Å². The molecule has 0 bridgehead atoms. The maximum absolute atomic E-state index is 12.4. The van der Waals surface area contributed by atoms with E-state index in [0.29, 0.717) is 22.3 Å². The highest BCUT2D eigenvalue weighted by Gasteiger charge is 2.39. The number of carbonyl (C=O) groups is 1. The number of pyridine rings is 2. The molecule has 0 fully saturated rings. The molecule has 0 unspecified atom stereocenters. The Morgan fingerprint density at radius 3 is 2.67 bits per heavy atom. The summed E-state index contributed by atoms with van der Waals surface area (Å²) in [5.41, 5.74) is 0.397. The van der Waals surface area contributed by atoms with Crippen molar-refractivity contribution in [3.63, 3.8) is 0 Å². The number of hydrogen-bond donors (Lipinski definition) is 2. The Labute approximate surface area is 180 Å². The summed E-state index contributed by atoms with van der Waals surface area (Å²) in [6.07, 6.45) is -3.42. The minimum atomic E-state index is -5.04. The third kappa shape index (κ3) is 5.45. The van der Waals surface area contributed by atoms with Crippen molar-refractivity contribution in [2.45, 2.75) is 25.7 Å². The van der Waals surface area contributed by atoms with Crippen LogP contribution in [0.2, 0.25) is 5.02 Å². The van der Waals surface area contributed by atoms with Crippen LogP contribution in [0.25, 0.3) is 10.9 Å². The van der Waals surface area contributed by atoms with Gasteiger partial charge < -0.3 is 15.0 Å². The second kappa shape index (κ2) is 9.40. The van der Waals surface area contributed by atoms with Gasteiger partial charge in [-0.25, -0.2) is 0 Å². The van der Waals surface area contributed by atoms with Gasteiger partial charge in [0.15, 0.2) is 0 Å². The molecular weight excluding hydrogens is 443 g/mol. The van der Waals surface area contributed by atoms with E-state index in [2.05, 4.69) is 9.97 Å². The molecule has 1 atom stereocenters. The van der Waals surface area contributed by atoms with Crippen LogP contribution in [0, 0.1) is 0 Å². The van der Waals surface area contributed by atoms with E-state index in [-0.39, 0.29) is 30.7 Å². The zero-order chi connectivity index (χ0) is 21.2. The molecule has 0 aliphatic heterocycles. The number of fused-ring (bicyclic) bond motifs is 1. The number of H-pyrrole nitrogens is 1. The first kappa shape index (κ1) is 23.6. The number of halogens is 4. The van der Waals surface area contributed by atoms with Gasteiger partial charge in [0.05, 0.1) is 22.3 Å². The number of aromatic amines is 1. The quantitative estimate of drug-likeness (QED) is 0.604. The molecule has 0 radical (unpaired) electrons. The molecule has 0 spiro atoms. The van der Waals surface area contributed by atoms with E-state index in [4.69, 9.17) is 16.3 Å². The molecule has 11 heteroatoms. The van der Waals surface area contributed by atoms with Crippen LogP contribution < -0.4 is 15.6 Å². The molecule has 1 aromatic carbocycles. The van der Waals surface area contributed by atoms with Crippen LogP contribution in [-0.4, -0.2) is 22.1 Å². The van der Waals surface area contributed by atoms with Gasteiger partial charge in [-0.1, -0.05) is 17.7 Å². The van der Waals surface area contributed by atoms with E-state index in [1.165, 1.54) is 25.1 Å². The maximum atomic E-state index is 12.4. The maximum Gasteiger partial charge on any atom is 0.471 e. The summed E-state index contributed by atoms with van der Waals surface area (Å²) in [4.78, 5) is 30.1. The van der Waals surface area contributed by atoms with E-state index in [9.17, 15) is 22.8 Å². The SMILES string of the molecule is C[C@H](NC(=O)C(F)(F)F)c1cc2cc(Cl)c(OCc3ccccn3)cc2[nH]c1=O.S. The lowest BCUT2D eigenvalue weighted by atomic mass is 10.1. The van der Waals surface area contributed by atoms with Gasteiger partial charge in [0.1, 0.15) is 12.4 Å². The van der Waals surface area contributed by atoms with Crippen LogP contribution in [0.15, 0.2) is 47.4 Å². The highest BCUT2D eigenvalue weighted by molar-refractivity contribution is 7.59. The smallest absolute Gasteiger partial charge is 0.471 e. The normalized spacial score (nSPS) is 12.2. The Morgan fingerprint density at radius 1 is 1.30 bits per heavy atom. The number of benzene rings is 1. The highest BCUT2D eigenvalue weighted by atomic mass is 35.5. The first-order chi connectivity index (χ1) is 13.6. The minimum absolute atomic E-state index is 0. The van der Waals surface area contributed by atoms with Gasteiger partial charge in [0, 0.05) is 23.2 Å². The number of ether oxygens (including phenoxy) is 1. The van der Waals surface area contributed by atoms with E-state index in [0.717, 1.165) is 0 Å². The summed E-state index contributed by atoms with van der Waals surface area (Å²) >= 11 is 6.23. The second-order valence-electron chi connectivity index (χ2n) is 6.23. The number of amides is 1. The van der Waals surface area contributed by atoms with E-state index in [1.54, 1.807) is 23.6 Å². The average Bonchev–Trinajstić information content (AvgIpc) is 2.66. The van der Waals surface area contributed by atoms with Crippen LogP contribution in [0.3, 0.4) is 0 Å². The van der Waals surface area contributed by atoms with Gasteiger partial charge in [0.25, 0.3) is 5.56 Å². The van der Waals surface area contributed by atoms with Crippen molar-refractivity contribution in [3.8, 4) is 5.75 Å². The molecule has 2 aromatic heterocycles. The Morgan fingerprint density at radius 2 is 2.03 bits per heavy atom. The molecule has 0 saturated heterocycles. The number of nitrogens with zero attached hydrogens (tertiary/aromatic N) is 1. The van der Waals surface area contributed by atoms with Gasteiger partial charge in [-0.2, -0.15) is 26.7 Å². The Bertz CT molecular complexity index is 1110. The van der Waals surface area contributed by atoms with Crippen molar-refractivity contribution in [1.82, 2.24) is 15.3 Å². The van der Waals surface area contributed by atoms with Crippen molar-refractivity contribution >= 4 is 41.9 Å². The number of aromatic nitrogens is 2. The Kier molecular flexibility index (Phi) is 7.38.